The summed E-state index contributed by atoms with van der Waals surface area (Å²) in [7, 11) is 3.02. The molecule has 2 aliphatic rings. The number of nitrogen functional groups attached to an aromatic ring is 1. The van der Waals surface area contributed by atoms with Crippen LogP contribution in [0.3, 0.4) is 0 Å². The first-order valence-corrected chi connectivity index (χ1v) is 27.5. The fourth-order valence-corrected chi connectivity index (χ4v) is 10.5. The van der Waals surface area contributed by atoms with Gasteiger partial charge in [-0.3, -0.25) is 19.4 Å². The van der Waals surface area contributed by atoms with Crippen molar-refractivity contribution >= 4 is 69.5 Å². The molecule has 15 nitrogen and oxygen atoms in total. The van der Waals surface area contributed by atoms with Crippen LogP contribution in [0.15, 0.2) is 102 Å². The molecule has 0 spiro atoms. The third-order valence-corrected chi connectivity index (χ3v) is 14.4. The summed E-state index contributed by atoms with van der Waals surface area (Å²) in [6.07, 6.45) is 5.73. The molecule has 2 atom stereocenters. The van der Waals surface area contributed by atoms with Crippen LogP contribution in [0.25, 0.3) is 11.3 Å². The molecule has 4 aromatic carbocycles. The standard InChI is InChI=1S/C60H65Cl3FN7O8/c1-37(2)26-44-35-70(36-51(39-13-15-41(61)16-14-39)71(44)60-50(65)30-43(63)34-68-60)56(74)31-45(72)8-6-20-77-22-24-79-25-23-78-21-7-10-52(73)47-18-12-38(27-54(47)76-4)28-55-66-32-40-33-67-59(57-49(64)9-5-11-53(57)75-3)48-29-42(62)17-19-46(48)58(40)69-55/h5,9,11-19,27,29-30,32,34,37,44,51H,6-8,10,20-26,28,31,33,35-36,65H2,1-4H3/t44-,51-/m1/s1. The Hall–Kier alpha value is -6.53. The van der Waals surface area contributed by atoms with E-state index in [1.165, 1.54) is 20.3 Å². The first-order valence-electron chi connectivity index (χ1n) is 26.4. The number of benzene rings is 4. The normalized spacial score (nSPS) is 15.1. The lowest BCUT2D eigenvalue weighted by Gasteiger charge is -2.48. The number of nitrogens with zero attached hydrogens (tertiary/aromatic N) is 6. The molecule has 1 saturated heterocycles. The summed E-state index contributed by atoms with van der Waals surface area (Å²) >= 11 is 19.0. The number of aliphatic imine (C=N–C) groups is 1. The molecule has 1 fully saturated rings. The third kappa shape index (κ3) is 15.2. The summed E-state index contributed by atoms with van der Waals surface area (Å²) in [5.74, 6) is 1.37. The molecule has 6 aromatic rings. The second-order valence-electron chi connectivity index (χ2n) is 19.8. The Labute approximate surface area is 475 Å². The highest BCUT2D eigenvalue weighted by molar-refractivity contribution is 6.32. The summed E-state index contributed by atoms with van der Waals surface area (Å²) < 4.78 is 43.7. The summed E-state index contributed by atoms with van der Waals surface area (Å²) in [5.41, 5.74) is 12.7. The second kappa shape index (κ2) is 28.1. The lowest BCUT2D eigenvalue weighted by atomic mass is 9.93. The molecule has 0 radical (unpaired) electrons. The molecule has 4 heterocycles. The fraction of sp³-hybridized carbons (Fsp3) is 0.383. The lowest BCUT2D eigenvalue weighted by Crippen LogP contribution is -2.57. The highest BCUT2D eigenvalue weighted by Gasteiger charge is 2.39. The van der Waals surface area contributed by atoms with Crippen LogP contribution in [0, 0.1) is 11.7 Å². The quantitative estimate of drug-likeness (QED) is 0.0308. The number of Topliss-reactive ketones (excluding diaryl/α,β-unsaturated/α-hetero) is 2. The van der Waals surface area contributed by atoms with Crippen LogP contribution in [-0.2, 0) is 36.8 Å². The van der Waals surface area contributed by atoms with E-state index in [0.29, 0.717) is 144 Å². The van der Waals surface area contributed by atoms with Gasteiger partial charge in [-0.2, -0.15) is 0 Å². The molecule has 2 aliphatic heterocycles. The van der Waals surface area contributed by atoms with Crippen molar-refractivity contribution in [1.29, 1.82) is 0 Å². The Morgan fingerprint density at radius 1 is 0.759 bits per heavy atom. The first kappa shape index (κ1) is 58.6. The zero-order valence-corrected chi connectivity index (χ0v) is 47.1. The number of anilines is 2. The van der Waals surface area contributed by atoms with Gasteiger partial charge in [0.05, 0.1) is 92.9 Å². The van der Waals surface area contributed by atoms with E-state index in [0.717, 1.165) is 28.7 Å². The van der Waals surface area contributed by atoms with E-state index in [2.05, 4.69) is 28.7 Å². The molecule has 0 unspecified atom stereocenters. The van der Waals surface area contributed by atoms with Crippen molar-refractivity contribution in [3.8, 4) is 22.8 Å². The van der Waals surface area contributed by atoms with Gasteiger partial charge in [0.15, 0.2) is 11.6 Å². The number of aromatic nitrogens is 3. The van der Waals surface area contributed by atoms with E-state index in [1.54, 1.807) is 53.7 Å². The van der Waals surface area contributed by atoms with Crippen LogP contribution >= 0.6 is 34.8 Å². The average Bonchev–Trinajstić information content (AvgIpc) is 3.85. The van der Waals surface area contributed by atoms with Crippen LogP contribution in [0.1, 0.15) is 102 Å². The summed E-state index contributed by atoms with van der Waals surface area (Å²) in [4.78, 5) is 63.2. The van der Waals surface area contributed by atoms with E-state index in [9.17, 15) is 14.4 Å². The Balaban J connectivity index is 0.723. The molecule has 19 heteroatoms. The van der Waals surface area contributed by atoms with Crippen LogP contribution in [-0.4, -0.2) is 116 Å². The maximum atomic E-state index is 15.4. The molecule has 2 aromatic heterocycles. The van der Waals surface area contributed by atoms with E-state index in [-0.39, 0.29) is 60.9 Å². The van der Waals surface area contributed by atoms with Crippen molar-refractivity contribution in [2.45, 2.75) is 77.4 Å². The number of nitrogens with two attached hydrogens (primary N) is 1. The van der Waals surface area contributed by atoms with Crippen LogP contribution in [0.4, 0.5) is 15.9 Å². The molecule has 0 aliphatic carbocycles. The van der Waals surface area contributed by atoms with Gasteiger partial charge in [-0.1, -0.05) is 79.0 Å². The molecular formula is C60H65Cl3FN7O8. The maximum absolute atomic E-state index is 15.4. The molecule has 0 bridgehead atoms. The second-order valence-corrected chi connectivity index (χ2v) is 21.2. The average molecular weight is 1140 g/mol. The topological polar surface area (TPSA) is 181 Å². The van der Waals surface area contributed by atoms with Gasteiger partial charge >= 0.3 is 0 Å². The van der Waals surface area contributed by atoms with Crippen molar-refractivity contribution in [2.24, 2.45) is 10.9 Å². The predicted octanol–water partition coefficient (Wildman–Crippen LogP) is 11.4. The summed E-state index contributed by atoms with van der Waals surface area (Å²) in [6.45, 7) is 7.38. The van der Waals surface area contributed by atoms with Crippen molar-refractivity contribution in [3.05, 3.63) is 157 Å². The minimum Gasteiger partial charge on any atom is -0.496 e. The highest BCUT2D eigenvalue weighted by Crippen LogP contribution is 2.40. The van der Waals surface area contributed by atoms with E-state index >= 15 is 4.39 Å². The van der Waals surface area contributed by atoms with Gasteiger partial charge in [-0.25, -0.2) is 19.3 Å². The van der Waals surface area contributed by atoms with E-state index < -0.39 is 5.82 Å². The summed E-state index contributed by atoms with van der Waals surface area (Å²) in [6, 6.07) is 24.3. The number of carbonyl (C=O) groups is 3. The Morgan fingerprint density at radius 3 is 2.18 bits per heavy atom. The van der Waals surface area contributed by atoms with Gasteiger partial charge in [-0.15, -0.1) is 0 Å². The SMILES string of the molecule is COc1cc(Cc2ncc3c(n2)-c2ccc(Cl)cc2C(c2c(F)cccc2OC)=NC3)ccc1C(=O)CCCOCCOCCOCCCC(=O)CC(=O)N1C[C@@H](CC(C)C)N(c2ncc(Cl)cc2N)[C@@H](c2ccc(Cl)cc2)C1. The Kier molecular flexibility index (Phi) is 20.8. The number of ether oxygens (including phenoxy) is 5. The Bertz CT molecular complexity index is 3150. The van der Waals surface area contributed by atoms with Crippen LogP contribution < -0.4 is 20.1 Å². The van der Waals surface area contributed by atoms with Crippen molar-refractivity contribution in [1.82, 2.24) is 19.9 Å². The van der Waals surface area contributed by atoms with Gasteiger partial charge in [0.1, 0.15) is 28.9 Å². The van der Waals surface area contributed by atoms with Gasteiger partial charge in [0.25, 0.3) is 0 Å². The van der Waals surface area contributed by atoms with Crippen molar-refractivity contribution in [2.75, 3.05) is 77.6 Å². The summed E-state index contributed by atoms with van der Waals surface area (Å²) in [5, 5.41) is 1.51. The van der Waals surface area contributed by atoms with E-state index in [4.69, 9.17) is 74.2 Å². The molecule has 1 amide bonds. The number of amides is 1. The minimum atomic E-state index is -0.466. The number of piperazine rings is 1. The van der Waals surface area contributed by atoms with Gasteiger partial charge in [0.2, 0.25) is 5.91 Å². The van der Waals surface area contributed by atoms with Crippen LogP contribution in [0.2, 0.25) is 15.1 Å². The number of halogens is 4. The van der Waals surface area contributed by atoms with E-state index in [1.807, 2.05) is 42.5 Å². The highest BCUT2D eigenvalue weighted by atomic mass is 35.5. The number of methoxy groups -OCH3 is 2. The molecule has 8 rings (SSSR count). The third-order valence-electron chi connectivity index (χ3n) is 13.7. The molecule has 0 saturated carbocycles. The largest absolute Gasteiger partial charge is 0.496 e. The molecule has 2 N–H and O–H groups in total. The van der Waals surface area contributed by atoms with Gasteiger partial charge in [-0.05, 0) is 90.9 Å². The molecule has 79 heavy (non-hydrogen) atoms. The number of carbonyl (C=O) groups excluding carboxylic acids is 3. The number of hydrogen-bond donors (Lipinski definition) is 1. The van der Waals surface area contributed by atoms with Crippen molar-refractivity contribution < 1.29 is 42.5 Å². The zero-order valence-electron chi connectivity index (χ0n) is 44.8. The van der Waals surface area contributed by atoms with Gasteiger partial charge < -0.3 is 39.2 Å². The number of fused-ring (bicyclic) bond motifs is 3. The lowest BCUT2D eigenvalue weighted by molar-refractivity contribution is -0.136. The predicted molar refractivity (Wildman–Crippen MR) is 306 cm³/mol. The number of pyridine rings is 1. The number of ketones is 2. The smallest absolute Gasteiger partial charge is 0.230 e. The van der Waals surface area contributed by atoms with Gasteiger partial charge in [0, 0.05) is 90.7 Å². The molecular weight excluding hydrogens is 1070 g/mol. The first-order chi connectivity index (χ1) is 38.2. The zero-order chi connectivity index (χ0) is 56.0. The van der Waals surface area contributed by atoms with Crippen LogP contribution in [0.5, 0.6) is 11.5 Å². The Morgan fingerprint density at radius 2 is 1.47 bits per heavy atom. The fourth-order valence-electron chi connectivity index (χ4n) is 10.0. The number of hydrogen-bond acceptors (Lipinski definition) is 14. The van der Waals surface area contributed by atoms with Crippen molar-refractivity contribution in [3.63, 3.8) is 0 Å². The minimum absolute atomic E-state index is 0.0697. The number of rotatable bonds is 26. The maximum Gasteiger partial charge on any atom is 0.230 e. The monoisotopic (exact) mass is 1140 g/mol. The molecule has 416 valence electrons.